The molecule has 5 heteroatoms. The normalized spacial score (nSPS) is 8.93. The Hall–Kier alpha value is -8.15. The fourth-order valence-electron chi connectivity index (χ4n) is 6.84. The second kappa shape index (κ2) is 42.5. The summed E-state index contributed by atoms with van der Waals surface area (Å²) in [6, 6.07) is 76.0. The number of para-hydroxylation sites is 3. The molecule has 0 aliphatic carbocycles. The summed E-state index contributed by atoms with van der Waals surface area (Å²) < 4.78 is 0. The minimum atomic E-state index is 0.810. The van der Waals surface area contributed by atoms with Crippen molar-refractivity contribution in [1.29, 1.82) is 0 Å². The highest BCUT2D eigenvalue weighted by Gasteiger charge is 2.04. The molecule has 4 heterocycles. The number of aromatic nitrogens is 5. The zero-order chi connectivity index (χ0) is 54.4. The Balaban J connectivity index is 0.000000433. The number of nitrogens with zero attached hydrogens (tertiary/aromatic N) is 5. The van der Waals surface area contributed by atoms with Crippen LogP contribution in [0.3, 0.4) is 0 Å². The van der Waals surface area contributed by atoms with Gasteiger partial charge < -0.3 is 0 Å². The van der Waals surface area contributed by atoms with Crippen LogP contribution in [0.25, 0.3) is 65.3 Å². The average molecular weight is 982 g/mol. The Bertz CT molecular complexity index is 2580. The van der Waals surface area contributed by atoms with Crippen molar-refractivity contribution >= 4 is 65.3 Å². The molecule has 0 radical (unpaired) electrons. The summed E-state index contributed by atoms with van der Waals surface area (Å²) in [5, 5.41) is 10.4. The van der Waals surface area contributed by atoms with Crippen LogP contribution in [-0.2, 0) is 6.42 Å². The lowest BCUT2D eigenvalue weighted by Gasteiger charge is -2.09. The molecule has 0 atom stereocenters. The zero-order valence-corrected chi connectivity index (χ0v) is 46.7. The van der Waals surface area contributed by atoms with Crippen molar-refractivity contribution in [2.45, 2.75) is 96.4 Å². The monoisotopic (exact) mass is 982 g/mol. The average Bonchev–Trinajstić information content (AvgIpc) is 3.53. The van der Waals surface area contributed by atoms with E-state index in [0.717, 1.165) is 34.0 Å². The van der Waals surface area contributed by atoms with E-state index in [1.165, 1.54) is 43.3 Å². The van der Waals surface area contributed by atoms with E-state index < -0.39 is 0 Å². The third kappa shape index (κ3) is 22.5. The van der Waals surface area contributed by atoms with Crippen LogP contribution in [0.5, 0.6) is 0 Å². The van der Waals surface area contributed by atoms with E-state index in [1.54, 1.807) is 24.8 Å². The van der Waals surface area contributed by atoms with E-state index in [-0.39, 0.29) is 0 Å². The van der Waals surface area contributed by atoms with E-state index in [2.05, 4.69) is 147 Å². The molecule has 0 aliphatic heterocycles. The maximum atomic E-state index is 4.18. The molecule has 8 aromatic carbocycles. The lowest BCUT2D eigenvalue weighted by Crippen LogP contribution is -1.86. The summed E-state index contributed by atoms with van der Waals surface area (Å²) >= 11 is 0. The number of hydrogen-bond donors (Lipinski definition) is 0. The van der Waals surface area contributed by atoms with Gasteiger partial charge in [-0.2, -0.15) is 0 Å². The number of fused-ring (bicyclic) bond motifs is 6. The number of benzene rings is 8. The van der Waals surface area contributed by atoms with Crippen molar-refractivity contribution in [1.82, 2.24) is 24.9 Å². The van der Waals surface area contributed by atoms with Crippen molar-refractivity contribution in [3.63, 3.8) is 0 Å². The minimum Gasteiger partial charge on any atom is -0.256 e. The van der Waals surface area contributed by atoms with Gasteiger partial charge in [0.05, 0.1) is 16.6 Å². The van der Waals surface area contributed by atoms with Crippen molar-refractivity contribution in [3.05, 3.63) is 261 Å². The molecule has 12 rings (SSSR count). The van der Waals surface area contributed by atoms with Gasteiger partial charge in [0.15, 0.2) is 5.65 Å². The summed E-state index contributed by atoms with van der Waals surface area (Å²) in [5.74, 6) is 0. The predicted molar refractivity (Wildman–Crippen MR) is 330 cm³/mol. The quantitative estimate of drug-likeness (QED) is 0.153. The third-order valence-corrected chi connectivity index (χ3v) is 9.83. The first-order chi connectivity index (χ1) is 36.8. The lowest BCUT2D eigenvalue weighted by atomic mass is 9.95. The fraction of sp³-hybridized carbons (Fsp3) is 0.203. The fourth-order valence-corrected chi connectivity index (χ4v) is 6.84. The van der Waals surface area contributed by atoms with Gasteiger partial charge in [0.1, 0.15) is 0 Å². The summed E-state index contributed by atoms with van der Waals surface area (Å²) in [4.78, 5) is 20.6. The van der Waals surface area contributed by atoms with Crippen LogP contribution in [0.4, 0.5) is 0 Å². The maximum Gasteiger partial charge on any atom is 0.159 e. The van der Waals surface area contributed by atoms with Crippen LogP contribution in [-0.4, -0.2) is 24.9 Å². The molecule has 74 heavy (non-hydrogen) atoms. The minimum absolute atomic E-state index is 0.810. The highest BCUT2D eigenvalue weighted by Crippen LogP contribution is 2.28. The van der Waals surface area contributed by atoms with Gasteiger partial charge in [-0.25, -0.2) is 9.97 Å². The number of pyridine rings is 3. The van der Waals surface area contributed by atoms with E-state index >= 15 is 0 Å². The molecule has 0 saturated heterocycles. The van der Waals surface area contributed by atoms with Crippen LogP contribution >= 0.6 is 0 Å². The second-order valence-electron chi connectivity index (χ2n) is 13.9. The Kier molecular flexibility index (Phi) is 36.7. The van der Waals surface area contributed by atoms with Crippen LogP contribution in [0.15, 0.2) is 255 Å². The summed E-state index contributed by atoms with van der Waals surface area (Å²) in [6.45, 7) is 26.2. The Morgan fingerprint density at radius 1 is 0.243 bits per heavy atom. The molecule has 0 amide bonds. The van der Waals surface area contributed by atoms with Crippen molar-refractivity contribution in [2.75, 3.05) is 0 Å². The molecular weight excluding hydrogens is 899 g/mol. The largest absolute Gasteiger partial charge is 0.256 e. The Labute approximate surface area is 445 Å². The topological polar surface area (TPSA) is 64.5 Å². The van der Waals surface area contributed by atoms with Crippen LogP contribution < -0.4 is 0 Å². The second-order valence-corrected chi connectivity index (χ2v) is 13.9. The Morgan fingerprint density at radius 3 is 0.892 bits per heavy atom. The zero-order valence-electron chi connectivity index (χ0n) is 46.7. The van der Waals surface area contributed by atoms with Gasteiger partial charge in [0, 0.05) is 41.8 Å². The summed E-state index contributed by atoms with van der Waals surface area (Å²) in [6.07, 6.45) is 9.78. The number of rotatable bonds is 1. The standard InChI is InChI=1S/C16H14.C10H8.C9H7N.2C8H6N2.C6H6.6C2H6/c1-2-14-15-9-5-3-7-12(15)11-13-8-4-6-10-16(13)14;1-2-6-10-8-4-3-7-9(10)5-1;1-2-6-9-8(4-1)5-3-7-10-9;1-3-7-4-2-6-10-8(7)9-5-1;1-2-4-8-7(3-1)9-5-6-10-8;1-2-4-6-5-3-1;6*1-2/h3-11H,2H2,1H3;1-8H;1-7H;2*1-6H;1-6H;6*1-2H3. The molecule has 0 unspecified atom stereocenters. The molecule has 0 bridgehead atoms. The van der Waals surface area contributed by atoms with Gasteiger partial charge in [-0.15, -0.1) is 0 Å². The SMILES string of the molecule is CC.CC.CC.CC.CC.CC.CCc1c2ccccc2cc2ccccc12.c1ccc2ccccc2c1.c1ccc2ncccc2c1.c1ccc2nccnc2c1.c1ccccc1.c1cnc2ncccc2c1. The molecule has 4 aromatic heterocycles. The van der Waals surface area contributed by atoms with Crippen LogP contribution in [0.2, 0.25) is 0 Å². The highest BCUT2D eigenvalue weighted by atomic mass is 14.8. The van der Waals surface area contributed by atoms with E-state index in [4.69, 9.17) is 0 Å². The first-order valence-electron chi connectivity index (χ1n) is 26.7. The summed E-state index contributed by atoms with van der Waals surface area (Å²) in [7, 11) is 0. The van der Waals surface area contributed by atoms with Crippen molar-refractivity contribution in [2.24, 2.45) is 0 Å². The number of hydrogen-bond acceptors (Lipinski definition) is 5. The molecule has 0 spiro atoms. The van der Waals surface area contributed by atoms with Gasteiger partial charge in [-0.3, -0.25) is 15.0 Å². The lowest BCUT2D eigenvalue weighted by molar-refractivity contribution is 1.18. The smallest absolute Gasteiger partial charge is 0.159 e. The van der Waals surface area contributed by atoms with Gasteiger partial charge in [-0.1, -0.05) is 260 Å². The summed E-state index contributed by atoms with van der Waals surface area (Å²) in [5.41, 5.74) is 5.23. The van der Waals surface area contributed by atoms with Crippen LogP contribution in [0.1, 0.15) is 95.6 Å². The molecule has 0 fully saturated rings. The van der Waals surface area contributed by atoms with Gasteiger partial charge >= 0.3 is 0 Å². The van der Waals surface area contributed by atoms with Crippen molar-refractivity contribution < 1.29 is 0 Å². The molecular formula is C69H83N5. The molecule has 12 aromatic rings. The van der Waals surface area contributed by atoms with E-state index in [9.17, 15) is 0 Å². The van der Waals surface area contributed by atoms with Gasteiger partial charge in [0.2, 0.25) is 0 Å². The Morgan fingerprint density at radius 2 is 0.527 bits per heavy atom. The van der Waals surface area contributed by atoms with Crippen LogP contribution in [0, 0.1) is 0 Å². The highest BCUT2D eigenvalue weighted by molar-refractivity contribution is 6.02. The van der Waals surface area contributed by atoms with E-state index in [1.807, 2.05) is 198 Å². The van der Waals surface area contributed by atoms with E-state index in [0.29, 0.717) is 0 Å². The van der Waals surface area contributed by atoms with Gasteiger partial charge in [0.25, 0.3) is 0 Å². The molecule has 5 nitrogen and oxygen atoms in total. The number of aryl methyl sites for hydroxylation is 1. The first kappa shape index (κ1) is 63.9. The third-order valence-electron chi connectivity index (χ3n) is 9.83. The predicted octanol–water partition coefficient (Wildman–Crippen LogP) is 20.7. The first-order valence-corrected chi connectivity index (χ1v) is 26.7. The maximum absolute atomic E-state index is 4.18. The molecule has 0 saturated carbocycles. The molecule has 384 valence electrons. The molecule has 0 N–H and O–H groups in total. The molecule has 0 aliphatic rings. The van der Waals surface area contributed by atoms with Crippen molar-refractivity contribution in [3.8, 4) is 0 Å². The van der Waals surface area contributed by atoms with Gasteiger partial charge in [-0.05, 0) is 98.9 Å².